The number of nitrogens with zero attached hydrogens (tertiary/aromatic N) is 2. The molecule has 0 saturated carbocycles. The molecule has 0 atom stereocenters. The monoisotopic (exact) mass is 254 g/mol. The molecule has 1 aliphatic rings. The van der Waals surface area contributed by atoms with Gasteiger partial charge >= 0.3 is 0 Å². The van der Waals surface area contributed by atoms with Crippen molar-refractivity contribution in [3.8, 4) is 0 Å². The highest BCUT2D eigenvalue weighted by molar-refractivity contribution is 7.80. The predicted octanol–water partition coefficient (Wildman–Crippen LogP) is 2.25. The molecule has 0 amide bonds. The molecule has 4 heteroatoms. The van der Waals surface area contributed by atoms with Gasteiger partial charge in [-0.25, -0.2) is 4.39 Å². The molecule has 17 heavy (non-hydrogen) atoms. The first-order valence-corrected chi connectivity index (χ1v) is 6.56. The number of rotatable bonds is 3. The van der Waals surface area contributed by atoms with Crippen LogP contribution < -0.4 is 0 Å². The Bertz CT molecular complexity index is 376. The summed E-state index contributed by atoms with van der Waals surface area (Å²) in [5.74, 6) is -0.143. The summed E-state index contributed by atoms with van der Waals surface area (Å²) in [5.41, 5.74) is 0.771. The minimum absolute atomic E-state index is 0.143. The van der Waals surface area contributed by atoms with Crippen molar-refractivity contribution < 1.29 is 4.39 Å². The molecule has 0 bridgehead atoms. The highest BCUT2D eigenvalue weighted by atomic mass is 32.1. The van der Waals surface area contributed by atoms with Crippen molar-refractivity contribution in [3.05, 3.63) is 29.6 Å². The Morgan fingerprint density at radius 1 is 1.18 bits per heavy atom. The fourth-order valence-corrected chi connectivity index (χ4v) is 2.36. The van der Waals surface area contributed by atoms with Crippen LogP contribution in [0.3, 0.4) is 0 Å². The van der Waals surface area contributed by atoms with Gasteiger partial charge in [-0.2, -0.15) is 0 Å². The molecule has 0 aromatic heterocycles. The number of halogens is 1. The van der Waals surface area contributed by atoms with E-state index in [2.05, 4.69) is 29.4 Å². The van der Waals surface area contributed by atoms with Crippen molar-refractivity contribution in [2.24, 2.45) is 0 Å². The van der Waals surface area contributed by atoms with E-state index >= 15 is 0 Å². The van der Waals surface area contributed by atoms with Gasteiger partial charge in [-0.15, -0.1) is 12.6 Å². The van der Waals surface area contributed by atoms with Crippen molar-refractivity contribution in [1.29, 1.82) is 0 Å². The Kier molecular flexibility index (Phi) is 4.42. The zero-order chi connectivity index (χ0) is 12.3. The van der Waals surface area contributed by atoms with Crippen LogP contribution in [0.4, 0.5) is 4.39 Å². The van der Waals surface area contributed by atoms with Gasteiger partial charge in [0.1, 0.15) is 5.82 Å². The van der Waals surface area contributed by atoms with E-state index in [0.717, 1.165) is 38.3 Å². The summed E-state index contributed by atoms with van der Waals surface area (Å²) in [6, 6.07) is 5.18. The lowest BCUT2D eigenvalue weighted by Gasteiger charge is -2.34. The third-order valence-corrected chi connectivity index (χ3v) is 3.62. The lowest BCUT2D eigenvalue weighted by atomic mass is 10.2. The molecule has 1 aromatic carbocycles. The second-order valence-corrected chi connectivity index (χ2v) is 5.00. The minimum atomic E-state index is -0.143. The summed E-state index contributed by atoms with van der Waals surface area (Å²) >= 11 is 4.13. The van der Waals surface area contributed by atoms with Gasteiger partial charge in [0.2, 0.25) is 0 Å². The molecule has 2 nitrogen and oxygen atoms in total. The Hall–Kier alpha value is -0.580. The maximum absolute atomic E-state index is 13.7. The zero-order valence-electron chi connectivity index (χ0n) is 10.2. The molecule has 0 radical (unpaired) electrons. The second-order valence-electron chi connectivity index (χ2n) is 4.49. The van der Waals surface area contributed by atoms with Crippen LogP contribution in [0.25, 0.3) is 0 Å². The number of piperazine rings is 1. The first kappa shape index (κ1) is 12.9. The highest BCUT2D eigenvalue weighted by Crippen LogP contribution is 2.16. The second kappa shape index (κ2) is 5.85. The van der Waals surface area contributed by atoms with Gasteiger partial charge in [-0.05, 0) is 18.7 Å². The first-order chi connectivity index (χ1) is 8.19. The zero-order valence-corrected chi connectivity index (χ0v) is 11.1. The SMILES string of the molecule is CCN1CCN(Cc2ccc(S)cc2F)CC1. The first-order valence-electron chi connectivity index (χ1n) is 6.11. The molecule has 0 aliphatic carbocycles. The maximum atomic E-state index is 13.7. The fourth-order valence-electron chi connectivity index (χ4n) is 2.17. The maximum Gasteiger partial charge on any atom is 0.128 e. The van der Waals surface area contributed by atoms with Gasteiger partial charge in [0.05, 0.1) is 0 Å². The summed E-state index contributed by atoms with van der Waals surface area (Å²) in [7, 11) is 0. The summed E-state index contributed by atoms with van der Waals surface area (Å²) in [5, 5.41) is 0. The van der Waals surface area contributed by atoms with Gasteiger partial charge in [-0.3, -0.25) is 4.90 Å². The molecule has 1 saturated heterocycles. The summed E-state index contributed by atoms with van der Waals surface area (Å²) < 4.78 is 13.7. The highest BCUT2D eigenvalue weighted by Gasteiger charge is 2.16. The van der Waals surface area contributed by atoms with Crippen LogP contribution in [0.5, 0.6) is 0 Å². The standard InChI is InChI=1S/C13H19FN2S/c1-2-15-5-7-16(8-6-15)10-11-3-4-12(17)9-13(11)14/h3-4,9,17H,2,5-8,10H2,1H3. The normalized spacial score (nSPS) is 18.5. The topological polar surface area (TPSA) is 6.48 Å². The van der Waals surface area contributed by atoms with Crippen LogP contribution in [0.2, 0.25) is 0 Å². The molecular weight excluding hydrogens is 235 g/mol. The van der Waals surface area contributed by atoms with E-state index in [1.807, 2.05) is 12.1 Å². The third kappa shape index (κ3) is 3.44. The summed E-state index contributed by atoms with van der Waals surface area (Å²) in [6.45, 7) is 8.21. The fraction of sp³-hybridized carbons (Fsp3) is 0.538. The Morgan fingerprint density at radius 3 is 2.41 bits per heavy atom. The molecule has 94 valence electrons. The van der Waals surface area contributed by atoms with E-state index < -0.39 is 0 Å². The van der Waals surface area contributed by atoms with E-state index in [9.17, 15) is 4.39 Å². The molecule has 2 rings (SSSR count). The van der Waals surface area contributed by atoms with Crippen LogP contribution >= 0.6 is 12.6 Å². The van der Waals surface area contributed by atoms with E-state index in [0.29, 0.717) is 11.4 Å². The van der Waals surface area contributed by atoms with Crippen LogP contribution in [0.1, 0.15) is 12.5 Å². The molecule has 0 spiro atoms. The van der Waals surface area contributed by atoms with Crippen molar-refractivity contribution in [2.75, 3.05) is 32.7 Å². The van der Waals surface area contributed by atoms with Crippen molar-refractivity contribution in [1.82, 2.24) is 9.80 Å². The Labute approximate surface area is 108 Å². The number of hydrogen-bond donors (Lipinski definition) is 1. The van der Waals surface area contributed by atoms with Crippen molar-refractivity contribution in [3.63, 3.8) is 0 Å². The Morgan fingerprint density at radius 2 is 1.82 bits per heavy atom. The van der Waals surface area contributed by atoms with E-state index in [4.69, 9.17) is 0 Å². The number of hydrogen-bond acceptors (Lipinski definition) is 3. The molecule has 1 aliphatic heterocycles. The number of thiol groups is 1. The van der Waals surface area contributed by atoms with Crippen molar-refractivity contribution in [2.45, 2.75) is 18.4 Å². The molecule has 1 fully saturated rings. The molecule has 0 unspecified atom stereocenters. The number of likely N-dealkylation sites (N-methyl/N-ethyl adjacent to an activating group) is 1. The molecule has 1 aromatic rings. The lowest BCUT2D eigenvalue weighted by molar-refractivity contribution is 0.131. The van der Waals surface area contributed by atoms with E-state index in [1.54, 1.807) is 0 Å². The summed E-state index contributed by atoms with van der Waals surface area (Å²) in [6.07, 6.45) is 0. The predicted molar refractivity (Wildman–Crippen MR) is 71.0 cm³/mol. The van der Waals surface area contributed by atoms with Crippen LogP contribution in [-0.4, -0.2) is 42.5 Å². The van der Waals surface area contributed by atoms with Gasteiger partial charge in [0.15, 0.2) is 0 Å². The van der Waals surface area contributed by atoms with Crippen molar-refractivity contribution >= 4 is 12.6 Å². The van der Waals surface area contributed by atoms with Crippen LogP contribution in [-0.2, 0) is 6.54 Å². The van der Waals surface area contributed by atoms with Gasteiger partial charge in [0.25, 0.3) is 0 Å². The van der Waals surface area contributed by atoms with Gasteiger partial charge < -0.3 is 4.90 Å². The average molecular weight is 254 g/mol. The van der Waals surface area contributed by atoms with Gasteiger partial charge in [0, 0.05) is 43.2 Å². The van der Waals surface area contributed by atoms with E-state index in [1.165, 1.54) is 6.07 Å². The van der Waals surface area contributed by atoms with Gasteiger partial charge in [-0.1, -0.05) is 13.0 Å². The van der Waals surface area contributed by atoms with Crippen LogP contribution in [0, 0.1) is 5.82 Å². The van der Waals surface area contributed by atoms with Crippen LogP contribution in [0.15, 0.2) is 23.1 Å². The third-order valence-electron chi connectivity index (χ3n) is 3.34. The minimum Gasteiger partial charge on any atom is -0.301 e. The largest absolute Gasteiger partial charge is 0.301 e. The Balaban J connectivity index is 1.93. The lowest BCUT2D eigenvalue weighted by Crippen LogP contribution is -2.45. The smallest absolute Gasteiger partial charge is 0.128 e. The summed E-state index contributed by atoms with van der Waals surface area (Å²) in [4.78, 5) is 5.41. The number of benzene rings is 1. The van der Waals surface area contributed by atoms with E-state index in [-0.39, 0.29) is 5.82 Å². The molecule has 1 heterocycles. The quantitative estimate of drug-likeness (QED) is 0.827. The molecule has 0 N–H and O–H groups in total. The molecular formula is C13H19FN2S. The average Bonchev–Trinajstić information content (AvgIpc) is 2.34.